The molecular weight excluding hydrogens is 148 g/mol. The second-order valence-corrected chi connectivity index (χ2v) is 3.06. The lowest BCUT2D eigenvalue weighted by atomic mass is 10.1. The molecule has 1 nitrogen and oxygen atoms in total. The van der Waals surface area contributed by atoms with E-state index < -0.39 is 0 Å². The van der Waals surface area contributed by atoms with E-state index in [2.05, 4.69) is 24.3 Å². The van der Waals surface area contributed by atoms with Gasteiger partial charge in [-0.25, -0.2) is 0 Å². The monoisotopic (exact) mass is 156 g/mol. The summed E-state index contributed by atoms with van der Waals surface area (Å²) in [6.07, 6.45) is 11.3. The van der Waals surface area contributed by atoms with Crippen molar-refractivity contribution in [3.8, 4) is 0 Å². The number of furan rings is 1. The third-order valence-corrected chi connectivity index (χ3v) is 2.30. The Balaban J connectivity index is 2.05. The molecule has 12 heavy (non-hydrogen) atoms. The minimum Gasteiger partial charge on any atom is -0.464 e. The van der Waals surface area contributed by atoms with Crippen LogP contribution in [0, 0.1) is 0 Å². The molecule has 0 amide bonds. The summed E-state index contributed by atoms with van der Waals surface area (Å²) < 4.78 is 5.28. The van der Waals surface area contributed by atoms with Gasteiger partial charge < -0.3 is 4.42 Å². The standard InChI is InChI=1S/C11H8O/c1-2-4-8(5-3-1)10-9-6-7-12-11(9)10/h1-4,6-7H,5H2. The van der Waals surface area contributed by atoms with Crippen molar-refractivity contribution in [2.24, 2.45) is 0 Å². The zero-order valence-corrected chi connectivity index (χ0v) is 6.58. The Morgan fingerprint density at radius 1 is 1.25 bits per heavy atom. The topological polar surface area (TPSA) is 13.1 Å². The van der Waals surface area contributed by atoms with Crippen molar-refractivity contribution in [3.05, 3.63) is 53.5 Å². The molecule has 1 heterocycles. The highest BCUT2D eigenvalue weighted by Crippen LogP contribution is 2.46. The molecule has 0 unspecified atom stereocenters. The molecule has 3 rings (SSSR count). The van der Waals surface area contributed by atoms with Gasteiger partial charge in [0.1, 0.15) is 5.76 Å². The largest absolute Gasteiger partial charge is 0.464 e. The van der Waals surface area contributed by atoms with Crippen LogP contribution in [-0.4, -0.2) is 0 Å². The molecule has 0 N–H and O–H groups in total. The Hall–Kier alpha value is -1.50. The number of allylic oxidation sites excluding steroid dienone is 5. The van der Waals surface area contributed by atoms with Gasteiger partial charge in [-0.2, -0.15) is 0 Å². The summed E-state index contributed by atoms with van der Waals surface area (Å²) in [5, 5.41) is 0. The number of hydrogen-bond acceptors (Lipinski definition) is 1. The number of hydrogen-bond donors (Lipinski definition) is 0. The molecule has 1 aromatic rings. The van der Waals surface area contributed by atoms with E-state index in [0.29, 0.717) is 0 Å². The fourth-order valence-electron chi connectivity index (χ4n) is 1.65. The Morgan fingerprint density at radius 2 is 2.25 bits per heavy atom. The van der Waals surface area contributed by atoms with Crippen LogP contribution in [0.5, 0.6) is 0 Å². The van der Waals surface area contributed by atoms with Crippen LogP contribution in [0.15, 0.2) is 46.6 Å². The Labute approximate surface area is 70.7 Å². The van der Waals surface area contributed by atoms with Crippen molar-refractivity contribution < 1.29 is 4.42 Å². The molecule has 0 fully saturated rings. The smallest absolute Gasteiger partial charge is 0.142 e. The molecular formula is C11H8O. The average molecular weight is 156 g/mol. The van der Waals surface area contributed by atoms with Crippen LogP contribution in [-0.2, 0) is 0 Å². The number of rotatable bonds is 0. The minimum absolute atomic E-state index is 1.04. The molecule has 58 valence electrons. The maximum atomic E-state index is 5.28. The Bertz CT molecular complexity index is 395. The third-order valence-electron chi connectivity index (χ3n) is 2.30. The average Bonchev–Trinajstić information content (AvgIpc) is 2.62. The molecule has 1 heteroatoms. The second kappa shape index (κ2) is 2.01. The first-order chi connectivity index (χ1) is 5.97. The lowest BCUT2D eigenvalue weighted by Crippen LogP contribution is -1.79. The van der Waals surface area contributed by atoms with Gasteiger partial charge in [-0.1, -0.05) is 24.3 Å². The van der Waals surface area contributed by atoms with Crippen LogP contribution < -0.4 is 0 Å². The molecule has 0 saturated carbocycles. The Kier molecular flexibility index (Phi) is 1.01. The van der Waals surface area contributed by atoms with Crippen molar-refractivity contribution in [2.45, 2.75) is 6.42 Å². The summed E-state index contributed by atoms with van der Waals surface area (Å²) in [6.45, 7) is 0. The van der Waals surface area contributed by atoms with Gasteiger partial charge in [-0.15, -0.1) is 0 Å². The minimum atomic E-state index is 1.04. The van der Waals surface area contributed by atoms with Gasteiger partial charge in [0.25, 0.3) is 0 Å². The molecule has 0 bridgehead atoms. The van der Waals surface area contributed by atoms with Gasteiger partial charge in [0.05, 0.1) is 6.26 Å². The van der Waals surface area contributed by atoms with Crippen molar-refractivity contribution >= 4 is 5.57 Å². The van der Waals surface area contributed by atoms with Crippen molar-refractivity contribution in [1.29, 1.82) is 0 Å². The summed E-state index contributed by atoms with van der Waals surface area (Å²) in [7, 11) is 0. The zero-order valence-electron chi connectivity index (χ0n) is 6.58. The molecule has 1 aromatic heterocycles. The second-order valence-electron chi connectivity index (χ2n) is 3.06. The Morgan fingerprint density at radius 3 is 2.92 bits per heavy atom. The molecule has 0 atom stereocenters. The third kappa shape index (κ3) is 0.681. The van der Waals surface area contributed by atoms with Gasteiger partial charge in [0.2, 0.25) is 0 Å². The molecule has 0 aromatic carbocycles. The molecule has 0 saturated heterocycles. The highest BCUT2D eigenvalue weighted by atomic mass is 16.3. The molecule has 0 radical (unpaired) electrons. The quantitative estimate of drug-likeness (QED) is 0.571. The highest BCUT2D eigenvalue weighted by Gasteiger charge is 2.31. The lowest BCUT2D eigenvalue weighted by molar-refractivity contribution is 0.565. The molecule has 2 aliphatic rings. The van der Waals surface area contributed by atoms with E-state index >= 15 is 0 Å². The van der Waals surface area contributed by atoms with E-state index in [1.54, 1.807) is 6.26 Å². The summed E-state index contributed by atoms with van der Waals surface area (Å²) in [5.74, 6) is 1.09. The van der Waals surface area contributed by atoms with Crippen molar-refractivity contribution in [3.63, 3.8) is 0 Å². The number of fused-ring (bicyclic) bond motifs is 1. The van der Waals surface area contributed by atoms with Crippen LogP contribution in [0.2, 0.25) is 0 Å². The first-order valence-electron chi connectivity index (χ1n) is 4.11. The van der Waals surface area contributed by atoms with Crippen LogP contribution in [0.25, 0.3) is 5.57 Å². The molecule has 0 aliphatic heterocycles. The van der Waals surface area contributed by atoms with E-state index in [9.17, 15) is 0 Å². The molecule has 2 aliphatic carbocycles. The maximum absolute atomic E-state index is 5.28. The fraction of sp³-hybridized carbons (Fsp3) is 0.0909. The summed E-state index contributed by atoms with van der Waals surface area (Å²) in [4.78, 5) is 0. The van der Waals surface area contributed by atoms with Crippen molar-refractivity contribution in [2.75, 3.05) is 0 Å². The predicted molar refractivity (Wildman–Crippen MR) is 47.6 cm³/mol. The van der Waals surface area contributed by atoms with Crippen molar-refractivity contribution in [1.82, 2.24) is 0 Å². The SMILES string of the molecule is C1=CCC(=C2c3ccoc32)C=C1. The van der Waals surface area contributed by atoms with E-state index in [1.165, 1.54) is 16.7 Å². The summed E-state index contributed by atoms with van der Waals surface area (Å²) in [6, 6.07) is 2.03. The van der Waals surface area contributed by atoms with E-state index in [4.69, 9.17) is 4.42 Å². The van der Waals surface area contributed by atoms with E-state index in [0.717, 1.165) is 12.2 Å². The van der Waals surface area contributed by atoms with Crippen LogP contribution >= 0.6 is 0 Å². The van der Waals surface area contributed by atoms with E-state index in [-0.39, 0.29) is 0 Å². The summed E-state index contributed by atoms with van der Waals surface area (Å²) >= 11 is 0. The fourth-order valence-corrected chi connectivity index (χ4v) is 1.65. The van der Waals surface area contributed by atoms with Gasteiger partial charge >= 0.3 is 0 Å². The first kappa shape index (κ1) is 6.06. The van der Waals surface area contributed by atoms with Crippen LogP contribution in [0.1, 0.15) is 17.7 Å². The first-order valence-corrected chi connectivity index (χ1v) is 4.11. The lowest BCUT2D eigenvalue weighted by Gasteiger charge is -1.99. The van der Waals surface area contributed by atoms with Gasteiger partial charge in [0, 0.05) is 11.1 Å². The highest BCUT2D eigenvalue weighted by molar-refractivity contribution is 6.00. The van der Waals surface area contributed by atoms with Gasteiger partial charge in [-0.05, 0) is 18.1 Å². The normalized spacial score (nSPS) is 24.3. The van der Waals surface area contributed by atoms with Crippen LogP contribution in [0.4, 0.5) is 0 Å². The summed E-state index contributed by atoms with van der Waals surface area (Å²) in [5.41, 5.74) is 4.01. The van der Waals surface area contributed by atoms with Crippen LogP contribution in [0.3, 0.4) is 0 Å². The van der Waals surface area contributed by atoms with Gasteiger partial charge in [0.15, 0.2) is 0 Å². The van der Waals surface area contributed by atoms with E-state index in [1.807, 2.05) is 6.07 Å². The predicted octanol–water partition coefficient (Wildman–Crippen LogP) is 2.91. The zero-order chi connectivity index (χ0) is 7.97. The van der Waals surface area contributed by atoms with Gasteiger partial charge in [-0.3, -0.25) is 0 Å². The maximum Gasteiger partial charge on any atom is 0.142 e. The molecule has 0 spiro atoms.